The Labute approximate surface area is 157 Å². The zero-order chi connectivity index (χ0) is 19.6. The maximum atomic E-state index is 12.7. The van der Waals surface area contributed by atoms with Gasteiger partial charge in [0.1, 0.15) is 18.3 Å². The summed E-state index contributed by atoms with van der Waals surface area (Å²) < 4.78 is 10.4. The molecule has 2 N–H and O–H groups in total. The molecule has 0 aliphatic carbocycles. The number of ether oxygens (including phenoxy) is 2. The van der Waals surface area contributed by atoms with Crippen LogP contribution in [0.1, 0.15) is 35.1 Å². The van der Waals surface area contributed by atoms with E-state index in [0.717, 1.165) is 24.0 Å². The van der Waals surface area contributed by atoms with Crippen LogP contribution >= 0.6 is 0 Å². The van der Waals surface area contributed by atoms with Crippen LogP contribution in [0, 0.1) is 18.3 Å². The number of amides is 2. The number of nitrogens with zero attached hydrogens (tertiary/aromatic N) is 4. The van der Waals surface area contributed by atoms with Gasteiger partial charge in [-0.15, -0.1) is 4.48 Å². The smallest absolute Gasteiger partial charge is 0.350 e. The fraction of sp³-hybridized carbons (Fsp3) is 0.368. The minimum Gasteiger partial charge on any atom is -0.350 e. The molecule has 0 saturated carbocycles. The number of hydrogen-bond donors (Lipinski definition) is 1. The molecule has 0 fully saturated rings. The first-order chi connectivity index (χ1) is 13.0. The molecule has 0 radical (unpaired) electrons. The van der Waals surface area contributed by atoms with Crippen molar-refractivity contribution in [1.29, 1.82) is 5.26 Å². The highest BCUT2D eigenvalue weighted by atomic mass is 16.7. The third-order valence-electron chi connectivity index (χ3n) is 4.91. The van der Waals surface area contributed by atoms with Crippen molar-refractivity contribution in [1.82, 2.24) is 14.5 Å². The minimum atomic E-state index is -0.652. The van der Waals surface area contributed by atoms with Crippen molar-refractivity contribution in [2.75, 3.05) is 20.8 Å². The molecule has 0 saturated heterocycles. The quantitative estimate of drug-likeness (QED) is 0.656. The number of hydrogen-bond acceptors (Lipinski definition) is 6. The molecule has 2 aromatic rings. The molecule has 1 aliphatic rings. The molecular weight excluding hydrogens is 346 g/mol. The first-order valence-electron chi connectivity index (χ1n) is 8.59. The molecule has 1 unspecified atom stereocenters. The molecular formula is C19H22N5O3+. The molecule has 140 valence electrons. The van der Waals surface area contributed by atoms with E-state index in [2.05, 4.69) is 4.98 Å². The molecule has 0 bridgehead atoms. The van der Waals surface area contributed by atoms with E-state index < -0.39 is 12.3 Å². The van der Waals surface area contributed by atoms with Crippen LogP contribution in [-0.4, -0.2) is 36.8 Å². The summed E-state index contributed by atoms with van der Waals surface area (Å²) in [7, 11) is 3.07. The molecule has 8 heteroatoms. The first kappa shape index (κ1) is 18.9. The zero-order valence-corrected chi connectivity index (χ0v) is 15.6. The summed E-state index contributed by atoms with van der Waals surface area (Å²) in [6.45, 7) is 2.38. The van der Waals surface area contributed by atoms with Gasteiger partial charge in [0, 0.05) is 32.3 Å². The molecule has 1 atom stereocenters. The number of pyridine rings is 2. The Balaban J connectivity index is 2.25. The number of nitriles is 1. The summed E-state index contributed by atoms with van der Waals surface area (Å²) >= 11 is 0. The van der Waals surface area contributed by atoms with E-state index in [-0.39, 0.29) is 4.48 Å². The molecule has 1 aliphatic heterocycles. The van der Waals surface area contributed by atoms with E-state index in [1.165, 1.54) is 20.4 Å². The highest BCUT2D eigenvalue weighted by Gasteiger charge is 2.47. The highest BCUT2D eigenvalue weighted by Crippen LogP contribution is 2.40. The summed E-state index contributed by atoms with van der Waals surface area (Å²) in [6, 6.07) is 6.75. The summed E-state index contributed by atoms with van der Waals surface area (Å²) in [5.74, 6) is 0.974. The second-order valence-electron chi connectivity index (χ2n) is 6.47. The molecule has 3 rings (SSSR count). The van der Waals surface area contributed by atoms with Gasteiger partial charge < -0.3 is 15.2 Å². The fourth-order valence-corrected chi connectivity index (χ4v) is 3.59. The number of fused-ring (bicyclic) bond motifs is 1. The molecule has 0 aromatic carbocycles. The lowest BCUT2D eigenvalue weighted by Crippen LogP contribution is -2.56. The summed E-state index contributed by atoms with van der Waals surface area (Å²) in [5.41, 5.74) is 8.74. The van der Waals surface area contributed by atoms with Crippen LogP contribution in [0.2, 0.25) is 0 Å². The maximum Gasteiger partial charge on any atom is 0.426 e. The monoisotopic (exact) mass is 368 g/mol. The number of nitrogens with two attached hydrogens (primary N) is 1. The molecule has 2 amide bonds. The van der Waals surface area contributed by atoms with Crippen molar-refractivity contribution in [2.24, 2.45) is 5.73 Å². The maximum absolute atomic E-state index is 12.7. The Morgan fingerprint density at radius 1 is 1.37 bits per heavy atom. The lowest BCUT2D eigenvalue weighted by Gasteiger charge is -2.35. The van der Waals surface area contributed by atoms with Gasteiger partial charge >= 0.3 is 6.03 Å². The van der Waals surface area contributed by atoms with Crippen molar-refractivity contribution in [2.45, 2.75) is 26.1 Å². The normalized spacial score (nSPS) is 18.8. The van der Waals surface area contributed by atoms with Gasteiger partial charge in [0.15, 0.2) is 0 Å². The van der Waals surface area contributed by atoms with E-state index in [9.17, 15) is 4.79 Å². The zero-order valence-electron chi connectivity index (χ0n) is 15.6. The number of aromatic nitrogens is 2. The summed E-state index contributed by atoms with van der Waals surface area (Å²) in [6.07, 6.45) is 2.34. The van der Waals surface area contributed by atoms with Crippen LogP contribution in [0.25, 0.3) is 0 Å². The van der Waals surface area contributed by atoms with Crippen molar-refractivity contribution < 1.29 is 14.3 Å². The number of carbonyl (C=O) groups is 1. The van der Waals surface area contributed by atoms with Gasteiger partial charge in [-0.25, -0.2) is 9.78 Å². The van der Waals surface area contributed by atoms with Crippen molar-refractivity contribution in [3.05, 3.63) is 46.8 Å². The van der Waals surface area contributed by atoms with E-state index in [1.54, 1.807) is 12.1 Å². The van der Waals surface area contributed by atoms with Gasteiger partial charge in [0.2, 0.25) is 17.9 Å². The summed E-state index contributed by atoms with van der Waals surface area (Å²) in [5, 5.41) is 9.03. The molecule has 3 heterocycles. The van der Waals surface area contributed by atoms with Gasteiger partial charge in [0.05, 0.1) is 11.8 Å². The number of methoxy groups -OCH3 is 2. The lowest BCUT2D eigenvalue weighted by atomic mass is 9.99. The molecule has 8 nitrogen and oxygen atoms in total. The van der Waals surface area contributed by atoms with Crippen LogP contribution in [0.4, 0.5) is 16.4 Å². The Morgan fingerprint density at radius 2 is 2.11 bits per heavy atom. The van der Waals surface area contributed by atoms with E-state index in [4.69, 9.17) is 25.5 Å². The average Bonchev–Trinajstić information content (AvgIpc) is 2.68. The van der Waals surface area contributed by atoms with Crippen molar-refractivity contribution in [3.8, 4) is 6.07 Å². The van der Waals surface area contributed by atoms with Crippen LogP contribution in [0.5, 0.6) is 0 Å². The number of urea groups is 1. The van der Waals surface area contributed by atoms with Crippen LogP contribution in [0.3, 0.4) is 0 Å². The highest BCUT2D eigenvalue weighted by molar-refractivity contribution is 5.92. The first-order valence-corrected chi connectivity index (χ1v) is 8.59. The largest absolute Gasteiger partial charge is 0.426 e. The third-order valence-corrected chi connectivity index (χ3v) is 4.91. The van der Waals surface area contributed by atoms with E-state index >= 15 is 0 Å². The molecule has 27 heavy (non-hydrogen) atoms. The van der Waals surface area contributed by atoms with E-state index in [1.807, 2.05) is 19.1 Å². The number of rotatable bonds is 4. The second kappa shape index (κ2) is 7.40. The average molecular weight is 368 g/mol. The summed E-state index contributed by atoms with van der Waals surface area (Å²) in [4.78, 5) is 21.8. The predicted molar refractivity (Wildman–Crippen MR) is 98.9 cm³/mol. The van der Waals surface area contributed by atoms with Gasteiger partial charge in [-0.05, 0) is 31.0 Å². The SMILES string of the molecule is COC(OC)c1nc2c(cc1C)CCC[N+]2(C(N)=O)c1ccc(C#N)cn1. The Bertz CT molecular complexity index is 903. The molecule has 0 spiro atoms. The minimum absolute atomic E-state index is 0.297. The predicted octanol–water partition coefficient (Wildman–Crippen LogP) is 2.61. The van der Waals surface area contributed by atoms with Crippen molar-refractivity contribution in [3.63, 3.8) is 0 Å². The second-order valence-corrected chi connectivity index (χ2v) is 6.47. The van der Waals surface area contributed by atoms with Gasteiger partial charge in [-0.3, -0.25) is 0 Å². The van der Waals surface area contributed by atoms with Crippen LogP contribution in [0.15, 0.2) is 24.4 Å². The van der Waals surface area contributed by atoms with Crippen LogP contribution < -0.4 is 10.2 Å². The lowest BCUT2D eigenvalue weighted by molar-refractivity contribution is -0.109. The van der Waals surface area contributed by atoms with Gasteiger partial charge in [-0.2, -0.15) is 10.2 Å². The topological polar surface area (TPSA) is 111 Å². The number of quaternary nitrogens is 1. The number of aryl methyl sites for hydroxylation is 2. The van der Waals surface area contributed by atoms with Gasteiger partial charge in [-0.1, -0.05) is 0 Å². The van der Waals surface area contributed by atoms with Crippen molar-refractivity contribution >= 4 is 17.7 Å². The van der Waals surface area contributed by atoms with Gasteiger partial charge in [0.25, 0.3) is 0 Å². The Hall–Kier alpha value is -2.86. The third kappa shape index (κ3) is 3.06. The molecule has 2 aromatic heterocycles. The standard InChI is InChI=1S/C19H21N5O3/c1-12-9-14-5-4-8-24(19(21)25,15-7-6-13(10-20)11-22-15)17(14)23-16(12)18(26-2)27-3/h6-7,9,11,18H,4-5,8H2,1-3H3,(H-,21,25)/p+1. The number of primary amides is 1. The van der Waals surface area contributed by atoms with E-state index in [0.29, 0.717) is 29.4 Å². The fourth-order valence-electron chi connectivity index (χ4n) is 3.59. The Kier molecular flexibility index (Phi) is 5.19. The Morgan fingerprint density at radius 3 is 2.67 bits per heavy atom. The van der Waals surface area contributed by atoms with Crippen LogP contribution in [-0.2, 0) is 15.9 Å². The number of carbonyl (C=O) groups excluding carboxylic acids is 1.